The maximum atomic E-state index is 4.61. The van der Waals surface area contributed by atoms with Crippen LogP contribution in [-0.2, 0) is 6.42 Å². The lowest BCUT2D eigenvalue weighted by atomic mass is 10.1. The number of hydrogen-bond acceptors (Lipinski definition) is 8. The number of hydrogen-bond donors (Lipinski definition) is 0. The van der Waals surface area contributed by atoms with Gasteiger partial charge in [-0.3, -0.25) is 0 Å². The molecule has 4 aromatic heterocycles. The summed E-state index contributed by atoms with van der Waals surface area (Å²) in [6.45, 7) is 6.44. The molecule has 6 nitrogen and oxygen atoms in total. The van der Waals surface area contributed by atoms with Crippen LogP contribution in [0.1, 0.15) is 48.3 Å². The fourth-order valence-corrected chi connectivity index (χ4v) is 4.37. The molecule has 1 atom stereocenters. The van der Waals surface area contributed by atoms with E-state index in [-0.39, 0.29) is 5.92 Å². The highest BCUT2D eigenvalue weighted by molar-refractivity contribution is 7.18. The average Bonchev–Trinajstić information content (AvgIpc) is 3.18. The van der Waals surface area contributed by atoms with E-state index in [1.807, 2.05) is 6.20 Å². The van der Waals surface area contributed by atoms with Gasteiger partial charge >= 0.3 is 0 Å². The van der Waals surface area contributed by atoms with Crippen LogP contribution in [0.4, 0.5) is 0 Å². The van der Waals surface area contributed by atoms with E-state index in [2.05, 4.69) is 57.0 Å². The molecule has 24 heavy (non-hydrogen) atoms. The van der Waals surface area contributed by atoms with Crippen LogP contribution >= 0.6 is 22.7 Å². The van der Waals surface area contributed by atoms with E-state index >= 15 is 0 Å². The van der Waals surface area contributed by atoms with Crippen molar-refractivity contribution in [3.63, 3.8) is 0 Å². The van der Waals surface area contributed by atoms with Gasteiger partial charge in [-0.25, -0.2) is 19.9 Å². The minimum Gasteiger partial charge on any atom is -0.243 e. The van der Waals surface area contributed by atoms with Crippen molar-refractivity contribution in [3.05, 3.63) is 34.3 Å². The number of fused-ring (bicyclic) bond motifs is 2. The van der Waals surface area contributed by atoms with Crippen LogP contribution in [0.25, 0.3) is 20.7 Å². The Balaban J connectivity index is 1.60. The maximum Gasteiger partial charge on any atom is 0.192 e. The summed E-state index contributed by atoms with van der Waals surface area (Å²) >= 11 is 3.34. The van der Waals surface area contributed by atoms with Crippen molar-refractivity contribution in [1.29, 1.82) is 0 Å². The zero-order valence-electron chi connectivity index (χ0n) is 13.6. The molecule has 0 saturated heterocycles. The molecule has 0 bridgehead atoms. The van der Waals surface area contributed by atoms with Gasteiger partial charge in [0.1, 0.15) is 6.33 Å². The Kier molecular flexibility index (Phi) is 3.93. The average molecular weight is 356 g/mol. The molecule has 0 aromatic carbocycles. The smallest absolute Gasteiger partial charge is 0.192 e. The summed E-state index contributed by atoms with van der Waals surface area (Å²) in [5.41, 5.74) is 2.48. The molecule has 0 saturated carbocycles. The van der Waals surface area contributed by atoms with Gasteiger partial charge in [0.15, 0.2) is 11.3 Å². The summed E-state index contributed by atoms with van der Waals surface area (Å²) in [6, 6.07) is 2.11. The van der Waals surface area contributed by atoms with Crippen molar-refractivity contribution < 1.29 is 0 Å². The highest BCUT2D eigenvalue weighted by Crippen LogP contribution is 2.30. The first kappa shape index (κ1) is 15.5. The quantitative estimate of drug-likeness (QED) is 0.551. The molecule has 0 N–H and O–H groups in total. The van der Waals surface area contributed by atoms with E-state index < -0.39 is 0 Å². The first-order chi connectivity index (χ1) is 11.6. The van der Waals surface area contributed by atoms with Crippen molar-refractivity contribution in [2.75, 3.05) is 0 Å². The van der Waals surface area contributed by atoms with Crippen molar-refractivity contribution in [1.82, 2.24) is 30.1 Å². The van der Waals surface area contributed by atoms with Crippen molar-refractivity contribution in [3.8, 4) is 0 Å². The maximum absolute atomic E-state index is 4.61. The van der Waals surface area contributed by atoms with Crippen molar-refractivity contribution in [2.45, 2.75) is 39.0 Å². The summed E-state index contributed by atoms with van der Waals surface area (Å²) in [6.07, 6.45) is 4.14. The molecule has 0 aliphatic heterocycles. The minimum atomic E-state index is 0.258. The standard InChI is InChI=1S/C16H16N6S2/c1-8(2)15-20-14-11(23-15)5-10(21-22-14)4-9(3)16-19-13-12(24-16)6-17-7-18-13/h5-9H,4H2,1-3H3. The molecule has 4 aromatic rings. The van der Waals surface area contributed by atoms with E-state index in [1.165, 1.54) is 6.33 Å². The molecule has 0 aliphatic carbocycles. The lowest BCUT2D eigenvalue weighted by Crippen LogP contribution is -2.01. The summed E-state index contributed by atoms with van der Waals surface area (Å²) in [5, 5.41) is 10.8. The van der Waals surface area contributed by atoms with Crippen LogP contribution in [0.2, 0.25) is 0 Å². The second-order valence-corrected chi connectivity index (χ2v) is 8.22. The number of aromatic nitrogens is 6. The Morgan fingerprint density at radius 2 is 1.75 bits per heavy atom. The fraction of sp³-hybridized carbons (Fsp3) is 0.375. The van der Waals surface area contributed by atoms with E-state index in [0.29, 0.717) is 5.92 Å². The molecule has 0 aliphatic rings. The molecule has 0 spiro atoms. The number of nitrogens with zero attached hydrogens (tertiary/aromatic N) is 6. The van der Waals surface area contributed by atoms with Crippen molar-refractivity contribution in [2.24, 2.45) is 0 Å². The number of rotatable bonds is 4. The molecule has 1 unspecified atom stereocenters. The summed E-state index contributed by atoms with van der Waals surface area (Å²) in [5.74, 6) is 0.670. The molecule has 0 amide bonds. The summed E-state index contributed by atoms with van der Waals surface area (Å²) < 4.78 is 2.12. The second kappa shape index (κ2) is 6.10. The molecule has 0 radical (unpaired) electrons. The highest BCUT2D eigenvalue weighted by Gasteiger charge is 2.16. The predicted octanol–water partition coefficient (Wildman–Crippen LogP) is 3.96. The van der Waals surface area contributed by atoms with Gasteiger partial charge < -0.3 is 0 Å². The first-order valence-corrected chi connectivity index (χ1v) is 9.43. The Bertz CT molecular complexity index is 973. The number of thiazole rings is 2. The van der Waals surface area contributed by atoms with Gasteiger partial charge in [0.05, 0.1) is 25.1 Å². The third-order valence-electron chi connectivity index (χ3n) is 3.74. The van der Waals surface area contributed by atoms with Crippen LogP contribution < -0.4 is 0 Å². The topological polar surface area (TPSA) is 77.3 Å². The fourth-order valence-electron chi connectivity index (χ4n) is 2.46. The monoisotopic (exact) mass is 356 g/mol. The molecule has 8 heteroatoms. The zero-order chi connectivity index (χ0) is 16.7. The van der Waals surface area contributed by atoms with Gasteiger partial charge in [-0.15, -0.1) is 27.8 Å². The molecule has 0 fully saturated rings. The third-order valence-corrected chi connectivity index (χ3v) is 6.25. The van der Waals surface area contributed by atoms with Gasteiger partial charge in [-0.1, -0.05) is 20.8 Å². The van der Waals surface area contributed by atoms with Crippen LogP contribution in [0.3, 0.4) is 0 Å². The Hall–Kier alpha value is -2.06. The van der Waals surface area contributed by atoms with E-state index in [9.17, 15) is 0 Å². The Morgan fingerprint density at radius 1 is 0.958 bits per heavy atom. The molecule has 4 heterocycles. The minimum absolute atomic E-state index is 0.258. The van der Waals surface area contributed by atoms with Gasteiger partial charge in [0.25, 0.3) is 0 Å². The molecule has 122 valence electrons. The van der Waals surface area contributed by atoms with Gasteiger partial charge in [0.2, 0.25) is 0 Å². The van der Waals surface area contributed by atoms with Gasteiger partial charge in [-0.05, 0) is 6.07 Å². The van der Waals surface area contributed by atoms with Gasteiger partial charge in [-0.2, -0.15) is 5.10 Å². The highest BCUT2D eigenvalue weighted by atomic mass is 32.1. The zero-order valence-corrected chi connectivity index (χ0v) is 15.2. The van der Waals surface area contributed by atoms with E-state index in [1.54, 1.807) is 22.7 Å². The first-order valence-electron chi connectivity index (χ1n) is 7.79. The Morgan fingerprint density at radius 3 is 2.54 bits per heavy atom. The van der Waals surface area contributed by atoms with Crippen LogP contribution in [0, 0.1) is 0 Å². The molecule has 4 rings (SSSR count). The summed E-state index contributed by atoms with van der Waals surface area (Å²) in [7, 11) is 0. The van der Waals surface area contributed by atoms with Crippen LogP contribution in [0.15, 0.2) is 18.6 Å². The SMILES string of the molecule is CC(C)c1nc2nnc(CC(C)c3nc4ncncc4s3)cc2s1. The van der Waals surface area contributed by atoms with Crippen LogP contribution in [-0.4, -0.2) is 30.1 Å². The second-order valence-electron chi connectivity index (χ2n) is 6.10. The van der Waals surface area contributed by atoms with Gasteiger partial charge in [0, 0.05) is 24.5 Å². The molecular weight excluding hydrogens is 340 g/mol. The molecular formula is C16H16N6S2. The van der Waals surface area contributed by atoms with E-state index in [4.69, 9.17) is 0 Å². The largest absolute Gasteiger partial charge is 0.243 e. The lowest BCUT2D eigenvalue weighted by Gasteiger charge is -2.06. The normalized spacial score (nSPS) is 13.2. The summed E-state index contributed by atoms with van der Waals surface area (Å²) in [4.78, 5) is 17.4. The van der Waals surface area contributed by atoms with E-state index in [0.717, 1.165) is 42.8 Å². The Labute approximate surface area is 147 Å². The third kappa shape index (κ3) is 2.87. The lowest BCUT2D eigenvalue weighted by molar-refractivity contribution is 0.724. The predicted molar refractivity (Wildman–Crippen MR) is 96.6 cm³/mol. The van der Waals surface area contributed by atoms with Crippen molar-refractivity contribution >= 4 is 43.4 Å². The van der Waals surface area contributed by atoms with Crippen LogP contribution in [0.5, 0.6) is 0 Å².